The first-order valence-corrected chi connectivity index (χ1v) is 10.8. The minimum Gasteiger partial charge on any atom is -0.478 e. The van der Waals surface area contributed by atoms with E-state index in [0.717, 1.165) is 0 Å². The number of carbonyl (C=O) groups excluding carboxylic acids is 4. The van der Waals surface area contributed by atoms with Crippen molar-refractivity contribution in [3.63, 3.8) is 0 Å². The predicted octanol–water partition coefficient (Wildman–Crippen LogP) is 2.10. The first kappa shape index (κ1) is 35.0. The Morgan fingerprint density at radius 1 is 0.511 bits per heavy atom. The molecule has 0 saturated carbocycles. The van der Waals surface area contributed by atoms with Crippen LogP contribution in [0.25, 0.3) is 0 Å². The molecule has 1 atom stereocenters. The number of carboxylic acids is 4. The third kappa shape index (κ3) is 6.00. The van der Waals surface area contributed by atoms with Crippen molar-refractivity contribution in [3.8, 4) is 11.5 Å². The molecular weight excluding hydrogens is 646 g/mol. The Kier molecular flexibility index (Phi) is 9.77. The Bertz CT molecular complexity index is 1620. The molecule has 0 spiro atoms. The van der Waals surface area contributed by atoms with Gasteiger partial charge in [0.15, 0.2) is 0 Å². The number of ether oxygens (including phenoxy) is 2. The largest absolute Gasteiger partial charge is 0.478 e. The highest BCUT2D eigenvalue weighted by atomic mass is 19.4. The number of esters is 2. The van der Waals surface area contributed by atoms with Gasteiger partial charge in [-0.25, -0.2) is 42.7 Å². The number of carboxylic acid groups (broad SMARTS) is 4. The Morgan fingerprint density at radius 3 is 1.13 bits per heavy atom. The molecule has 22 heteroatoms. The van der Waals surface area contributed by atoms with E-state index in [1.165, 1.54) is 0 Å². The highest BCUT2D eigenvalue weighted by molar-refractivity contribution is 6.23. The summed E-state index contributed by atoms with van der Waals surface area (Å²) in [6.45, 7) is 0. The van der Waals surface area contributed by atoms with Crippen LogP contribution < -0.4 is 9.47 Å². The van der Waals surface area contributed by atoms with Gasteiger partial charge in [-0.1, -0.05) is 0 Å². The van der Waals surface area contributed by atoms with Crippen molar-refractivity contribution < 1.29 is 105 Å². The molecule has 45 heavy (non-hydrogen) atoms. The van der Waals surface area contributed by atoms with Crippen molar-refractivity contribution in [3.05, 3.63) is 58.7 Å². The highest BCUT2D eigenvalue weighted by Gasteiger charge is 2.87. The summed E-state index contributed by atoms with van der Waals surface area (Å²) in [7, 11) is 0. The number of hydrogen-bond donors (Lipinski definition) is 4. The zero-order valence-electron chi connectivity index (χ0n) is 20.9. The van der Waals surface area contributed by atoms with Crippen LogP contribution in [0.4, 0.5) is 26.6 Å². The molecule has 2 aromatic rings. The topological polar surface area (TPSA) is 254 Å². The molecule has 4 N–H and O–H groups in total. The number of carbonyl (C=O) groups is 8. The molecule has 0 saturated heterocycles. The van der Waals surface area contributed by atoms with Gasteiger partial charge < -0.3 is 29.9 Å². The van der Waals surface area contributed by atoms with Crippen molar-refractivity contribution in [1.29, 1.82) is 0 Å². The summed E-state index contributed by atoms with van der Waals surface area (Å²) in [5.41, 5.74) is -17.3. The lowest BCUT2D eigenvalue weighted by atomic mass is 9.71. The fourth-order valence-electron chi connectivity index (χ4n) is 3.53. The van der Waals surface area contributed by atoms with Gasteiger partial charge in [0.2, 0.25) is 0 Å². The molecule has 1 unspecified atom stereocenters. The molecule has 0 heterocycles. The van der Waals surface area contributed by atoms with Crippen LogP contribution in [0, 0.1) is 5.41 Å². The maximum atomic E-state index is 16.2. The lowest BCUT2D eigenvalue weighted by molar-refractivity contribution is -0.281. The normalized spacial score (nSPS) is 12.6. The lowest BCUT2D eigenvalue weighted by Gasteiger charge is -2.35. The highest BCUT2D eigenvalue weighted by Crippen LogP contribution is 2.51. The van der Waals surface area contributed by atoms with Crippen LogP contribution in [-0.4, -0.2) is 80.0 Å². The summed E-state index contributed by atoms with van der Waals surface area (Å²) in [6.07, 6.45) is -7.12. The average molecular weight is 656 g/mol. The number of aromatic carboxylic acids is 4. The SMILES string of the molecule is O=C(O)c1ccc(OC(=O)C(C(=O)OF)(C(=O)OF)C(F)(C(=O)Oc2ccc(C(=O)O)c(C(=O)O)c2)C(F)(F)F)cc1C(=O)O. The molecule has 240 valence electrons. The molecule has 0 bridgehead atoms. The molecule has 0 aliphatic rings. The maximum absolute atomic E-state index is 16.2. The Labute approximate surface area is 240 Å². The summed E-state index contributed by atoms with van der Waals surface area (Å²) in [4.78, 5) is 100.0. The minimum atomic E-state index is -7.12. The van der Waals surface area contributed by atoms with E-state index in [-0.39, 0.29) is 24.3 Å². The molecule has 16 nitrogen and oxygen atoms in total. The molecule has 0 amide bonds. The summed E-state index contributed by atoms with van der Waals surface area (Å²) >= 11 is 0. The first-order chi connectivity index (χ1) is 20.7. The molecule has 0 aromatic heterocycles. The van der Waals surface area contributed by atoms with E-state index in [2.05, 4.69) is 19.4 Å². The molecule has 2 aromatic carbocycles. The molecule has 0 aliphatic carbocycles. The van der Waals surface area contributed by atoms with Crippen molar-refractivity contribution in [1.82, 2.24) is 0 Å². The smallest absolute Gasteiger partial charge is 0.436 e. The summed E-state index contributed by atoms with van der Waals surface area (Å²) in [5.74, 6) is -25.4. The van der Waals surface area contributed by atoms with Crippen molar-refractivity contribution in [2.45, 2.75) is 11.8 Å². The van der Waals surface area contributed by atoms with Gasteiger partial charge in [0, 0.05) is 9.05 Å². The van der Waals surface area contributed by atoms with E-state index < -0.39 is 98.8 Å². The number of benzene rings is 2. The van der Waals surface area contributed by atoms with E-state index in [4.69, 9.17) is 20.4 Å². The summed E-state index contributed by atoms with van der Waals surface area (Å²) in [6, 6.07) is 1.18. The van der Waals surface area contributed by atoms with Gasteiger partial charge in [0.25, 0.3) is 0 Å². The third-order valence-corrected chi connectivity index (χ3v) is 5.57. The van der Waals surface area contributed by atoms with Gasteiger partial charge in [-0.3, -0.25) is 9.88 Å². The van der Waals surface area contributed by atoms with Gasteiger partial charge in [-0.15, -0.1) is 0 Å². The second-order valence-electron chi connectivity index (χ2n) is 8.05. The molecule has 0 radical (unpaired) electrons. The Morgan fingerprint density at radius 2 is 0.844 bits per heavy atom. The van der Waals surface area contributed by atoms with Gasteiger partial charge >= 0.3 is 65.0 Å². The van der Waals surface area contributed by atoms with E-state index in [9.17, 15) is 60.6 Å². The van der Waals surface area contributed by atoms with Crippen molar-refractivity contribution in [2.24, 2.45) is 5.41 Å². The minimum absolute atomic E-state index is 0.0128. The number of hydrogen-bond acceptors (Lipinski definition) is 12. The Hall–Kier alpha value is -6.22. The van der Waals surface area contributed by atoms with E-state index >= 15 is 4.39 Å². The van der Waals surface area contributed by atoms with E-state index in [0.29, 0.717) is 12.1 Å². The van der Waals surface area contributed by atoms with Crippen LogP contribution >= 0.6 is 0 Å². The lowest BCUT2D eigenvalue weighted by Crippen LogP contribution is -2.71. The molecule has 0 fully saturated rings. The van der Waals surface area contributed by atoms with Crippen LogP contribution in [-0.2, 0) is 29.1 Å². The summed E-state index contributed by atoms with van der Waals surface area (Å²) < 4.78 is 93.4. The number of rotatable bonds is 11. The zero-order valence-corrected chi connectivity index (χ0v) is 20.9. The monoisotopic (exact) mass is 656 g/mol. The summed E-state index contributed by atoms with van der Waals surface area (Å²) in [5, 5.41) is 36.3. The van der Waals surface area contributed by atoms with Crippen LogP contribution in [0.1, 0.15) is 41.4 Å². The first-order valence-electron chi connectivity index (χ1n) is 10.8. The zero-order chi connectivity index (χ0) is 34.7. The van der Waals surface area contributed by atoms with Crippen LogP contribution in [0.3, 0.4) is 0 Å². The molecule has 0 aliphatic heterocycles. The number of halogens is 6. The van der Waals surface area contributed by atoms with E-state index in [1.807, 2.05) is 0 Å². The average Bonchev–Trinajstić information content (AvgIpc) is 2.95. The second kappa shape index (κ2) is 12.6. The maximum Gasteiger partial charge on any atom is 0.436 e. The quantitative estimate of drug-likeness (QED) is 0.117. The van der Waals surface area contributed by atoms with Crippen molar-refractivity contribution >= 4 is 47.8 Å². The molecular formula is C23H10F6O16. The van der Waals surface area contributed by atoms with Crippen LogP contribution in [0.2, 0.25) is 0 Å². The standard InChI is InChI=1S/C23H10F6O16/c24-22(23(25,26)27,20(41)43-8-2-4-10(14(32)33)12(6-8)16(36)37)21(18(39)44-28,19(40)45-29)17(38)42-7-1-3-9(13(30)31)11(5-7)15(34)35/h1-6H,(H,30,31)(H,32,33)(H,34,35)(H,36,37). The third-order valence-electron chi connectivity index (χ3n) is 5.57. The van der Waals surface area contributed by atoms with Gasteiger partial charge in [0.05, 0.1) is 22.3 Å². The van der Waals surface area contributed by atoms with Gasteiger partial charge in [0.1, 0.15) is 11.5 Å². The Balaban J connectivity index is 2.87. The predicted molar refractivity (Wildman–Crippen MR) is 119 cm³/mol. The molecule has 2 rings (SSSR count). The van der Waals surface area contributed by atoms with Gasteiger partial charge in [-0.05, 0) is 36.4 Å². The fourth-order valence-corrected chi connectivity index (χ4v) is 3.53. The van der Waals surface area contributed by atoms with Crippen molar-refractivity contribution in [2.75, 3.05) is 0 Å². The van der Waals surface area contributed by atoms with Crippen LogP contribution in [0.15, 0.2) is 36.4 Å². The fraction of sp³-hybridized carbons (Fsp3) is 0.130. The van der Waals surface area contributed by atoms with Crippen LogP contribution in [0.5, 0.6) is 11.5 Å². The van der Waals surface area contributed by atoms with Gasteiger partial charge in [-0.2, -0.15) is 13.2 Å². The second-order valence-corrected chi connectivity index (χ2v) is 8.05. The van der Waals surface area contributed by atoms with E-state index in [1.54, 1.807) is 0 Å². The number of alkyl halides is 4.